The zero-order valence-electron chi connectivity index (χ0n) is 11.2. The molecule has 1 aliphatic rings. The molecular weight excluding hydrogens is 264 g/mol. The molecule has 0 spiro atoms. The number of aryl methyl sites for hydroxylation is 2. The van der Waals surface area contributed by atoms with Crippen molar-refractivity contribution in [2.24, 2.45) is 0 Å². The summed E-state index contributed by atoms with van der Waals surface area (Å²) in [6.45, 7) is 4.34. The highest BCUT2D eigenvalue weighted by molar-refractivity contribution is 7.99. The van der Waals surface area contributed by atoms with Crippen molar-refractivity contribution in [3.8, 4) is 0 Å². The van der Waals surface area contributed by atoms with Crippen LogP contribution in [0, 0.1) is 13.8 Å². The average Bonchev–Trinajstić information content (AvgIpc) is 2.80. The van der Waals surface area contributed by atoms with Gasteiger partial charge in [0.15, 0.2) is 0 Å². The number of aromatic nitrogens is 2. The van der Waals surface area contributed by atoms with Gasteiger partial charge < -0.3 is 9.84 Å². The number of carboxylic acid groups (broad SMARTS) is 1. The fourth-order valence-electron chi connectivity index (χ4n) is 2.19. The first-order valence-corrected chi connectivity index (χ1v) is 7.39. The fraction of sp³-hybridized carbons (Fsp3) is 0.615. The number of hydrogen-bond acceptors (Lipinski definition) is 5. The van der Waals surface area contributed by atoms with Gasteiger partial charge >= 0.3 is 5.97 Å². The molecule has 104 valence electrons. The van der Waals surface area contributed by atoms with Crippen LogP contribution in [-0.2, 0) is 4.74 Å². The minimum Gasteiger partial charge on any atom is -0.478 e. The van der Waals surface area contributed by atoms with Crippen molar-refractivity contribution in [1.82, 2.24) is 9.97 Å². The highest BCUT2D eigenvalue weighted by atomic mass is 32.2. The molecule has 0 radical (unpaired) electrons. The lowest BCUT2D eigenvalue weighted by atomic mass is 10.2. The number of carboxylic acids is 1. The van der Waals surface area contributed by atoms with Crippen LogP contribution in [0.25, 0.3) is 0 Å². The van der Waals surface area contributed by atoms with Crippen LogP contribution in [0.5, 0.6) is 0 Å². The number of hydrogen-bond donors (Lipinski definition) is 1. The molecule has 1 N–H and O–H groups in total. The van der Waals surface area contributed by atoms with Gasteiger partial charge in [-0.25, -0.2) is 14.8 Å². The van der Waals surface area contributed by atoms with Gasteiger partial charge in [0, 0.05) is 12.4 Å². The van der Waals surface area contributed by atoms with Crippen LogP contribution in [0.4, 0.5) is 0 Å². The topological polar surface area (TPSA) is 72.3 Å². The van der Waals surface area contributed by atoms with Gasteiger partial charge in [-0.1, -0.05) is 0 Å². The largest absolute Gasteiger partial charge is 0.478 e. The molecule has 0 amide bonds. The van der Waals surface area contributed by atoms with Crippen LogP contribution in [-0.4, -0.2) is 39.5 Å². The summed E-state index contributed by atoms with van der Waals surface area (Å²) in [5.41, 5.74) is 0.752. The van der Waals surface area contributed by atoms with Gasteiger partial charge in [-0.3, -0.25) is 0 Å². The van der Waals surface area contributed by atoms with Gasteiger partial charge in [0.05, 0.1) is 11.8 Å². The van der Waals surface area contributed by atoms with Crippen LogP contribution >= 0.6 is 11.8 Å². The average molecular weight is 282 g/mol. The van der Waals surface area contributed by atoms with E-state index in [1.54, 1.807) is 13.8 Å². The smallest absolute Gasteiger partial charge is 0.340 e. The molecule has 1 fully saturated rings. The summed E-state index contributed by atoms with van der Waals surface area (Å²) in [6, 6.07) is 0. The predicted molar refractivity (Wildman–Crippen MR) is 72.8 cm³/mol. The maximum absolute atomic E-state index is 11.3. The van der Waals surface area contributed by atoms with E-state index in [-0.39, 0.29) is 5.56 Å². The Balaban J connectivity index is 2.03. The van der Waals surface area contributed by atoms with Crippen LogP contribution in [0.3, 0.4) is 0 Å². The molecule has 1 saturated heterocycles. The Morgan fingerprint density at radius 3 is 2.89 bits per heavy atom. The number of rotatable bonds is 5. The molecular formula is C13H18N2O3S. The molecule has 1 atom stereocenters. The second-order valence-electron chi connectivity index (χ2n) is 4.61. The number of thioether (sulfide) groups is 1. The van der Waals surface area contributed by atoms with E-state index < -0.39 is 5.97 Å². The number of aromatic carboxylic acids is 1. The van der Waals surface area contributed by atoms with Crippen molar-refractivity contribution < 1.29 is 14.6 Å². The lowest BCUT2D eigenvalue weighted by Gasteiger charge is -2.10. The van der Waals surface area contributed by atoms with Crippen molar-refractivity contribution in [3.05, 3.63) is 17.1 Å². The first kappa shape index (κ1) is 14.3. The van der Waals surface area contributed by atoms with Gasteiger partial charge in [-0.2, -0.15) is 0 Å². The third-order valence-corrected chi connectivity index (χ3v) is 4.09. The molecule has 1 unspecified atom stereocenters. The molecule has 0 aromatic carbocycles. The van der Waals surface area contributed by atoms with Gasteiger partial charge in [0.25, 0.3) is 0 Å². The molecule has 1 aromatic heterocycles. The number of ether oxygens (including phenoxy) is 1. The molecule has 2 heterocycles. The zero-order chi connectivity index (χ0) is 13.8. The summed E-state index contributed by atoms with van der Waals surface area (Å²) in [6.07, 6.45) is 3.49. The minimum absolute atomic E-state index is 0.225. The van der Waals surface area contributed by atoms with Gasteiger partial charge in [0.2, 0.25) is 0 Å². The van der Waals surface area contributed by atoms with E-state index in [4.69, 9.17) is 4.74 Å². The fourth-order valence-corrected chi connectivity index (χ4v) is 3.34. The standard InChI is InChI=1S/C13H18N2O3S/c1-8-11(13(16)17)12(15-9(2)14-8)19-7-5-10-4-3-6-18-10/h10H,3-7H2,1-2H3,(H,16,17). The monoisotopic (exact) mass is 282 g/mol. The normalized spacial score (nSPS) is 18.7. The Morgan fingerprint density at radius 1 is 1.47 bits per heavy atom. The maximum atomic E-state index is 11.3. The van der Waals surface area contributed by atoms with Crippen LogP contribution in [0.1, 0.15) is 41.1 Å². The molecule has 0 saturated carbocycles. The molecule has 1 aromatic rings. The van der Waals surface area contributed by atoms with E-state index in [0.717, 1.165) is 31.6 Å². The van der Waals surface area contributed by atoms with E-state index >= 15 is 0 Å². The summed E-state index contributed by atoms with van der Waals surface area (Å²) >= 11 is 1.48. The van der Waals surface area contributed by atoms with E-state index in [1.807, 2.05) is 0 Å². The quantitative estimate of drug-likeness (QED) is 0.660. The predicted octanol–water partition coefficient (Wildman–Crippen LogP) is 2.45. The van der Waals surface area contributed by atoms with Crippen molar-refractivity contribution >= 4 is 17.7 Å². The van der Waals surface area contributed by atoms with E-state index in [9.17, 15) is 9.90 Å². The summed E-state index contributed by atoms with van der Waals surface area (Å²) in [4.78, 5) is 19.6. The highest BCUT2D eigenvalue weighted by Crippen LogP contribution is 2.25. The molecule has 5 nitrogen and oxygen atoms in total. The first-order valence-electron chi connectivity index (χ1n) is 6.41. The first-order chi connectivity index (χ1) is 9.08. The Morgan fingerprint density at radius 2 is 2.26 bits per heavy atom. The van der Waals surface area contributed by atoms with E-state index in [1.165, 1.54) is 11.8 Å². The maximum Gasteiger partial charge on any atom is 0.340 e. The highest BCUT2D eigenvalue weighted by Gasteiger charge is 2.19. The van der Waals surface area contributed by atoms with Crippen molar-refractivity contribution in [1.29, 1.82) is 0 Å². The third kappa shape index (κ3) is 3.67. The Bertz CT molecular complexity index is 473. The molecule has 2 rings (SSSR count). The van der Waals surface area contributed by atoms with Crippen molar-refractivity contribution in [3.63, 3.8) is 0 Å². The van der Waals surface area contributed by atoms with E-state index in [0.29, 0.717) is 22.6 Å². The van der Waals surface area contributed by atoms with Crippen LogP contribution in [0.15, 0.2) is 5.03 Å². The second-order valence-corrected chi connectivity index (χ2v) is 5.70. The molecule has 0 bridgehead atoms. The lowest BCUT2D eigenvalue weighted by molar-refractivity contribution is 0.0690. The summed E-state index contributed by atoms with van der Waals surface area (Å²) in [5.74, 6) is 0.472. The Labute approximate surface area is 116 Å². The van der Waals surface area contributed by atoms with Crippen molar-refractivity contribution in [2.75, 3.05) is 12.4 Å². The second kappa shape index (κ2) is 6.34. The lowest BCUT2D eigenvalue weighted by Crippen LogP contribution is -2.10. The summed E-state index contributed by atoms with van der Waals surface area (Å²) in [7, 11) is 0. The minimum atomic E-state index is -0.961. The Hall–Kier alpha value is -1.14. The summed E-state index contributed by atoms with van der Waals surface area (Å²) < 4.78 is 5.55. The van der Waals surface area contributed by atoms with Crippen LogP contribution < -0.4 is 0 Å². The van der Waals surface area contributed by atoms with Gasteiger partial charge in [0.1, 0.15) is 16.4 Å². The van der Waals surface area contributed by atoms with Crippen molar-refractivity contribution in [2.45, 2.75) is 44.2 Å². The molecule has 6 heteroatoms. The molecule has 1 aliphatic heterocycles. The SMILES string of the molecule is Cc1nc(C)c(C(=O)O)c(SCCC2CCCO2)n1. The van der Waals surface area contributed by atoms with E-state index in [2.05, 4.69) is 9.97 Å². The number of nitrogens with zero attached hydrogens (tertiary/aromatic N) is 2. The zero-order valence-corrected chi connectivity index (χ0v) is 12.0. The van der Waals surface area contributed by atoms with Gasteiger partial charge in [-0.05, 0) is 33.1 Å². The third-order valence-electron chi connectivity index (χ3n) is 3.08. The summed E-state index contributed by atoms with van der Waals surface area (Å²) in [5, 5.41) is 9.80. The number of carbonyl (C=O) groups is 1. The Kier molecular flexibility index (Phi) is 4.76. The molecule has 19 heavy (non-hydrogen) atoms. The van der Waals surface area contributed by atoms with Crippen LogP contribution in [0.2, 0.25) is 0 Å². The molecule has 0 aliphatic carbocycles. The van der Waals surface area contributed by atoms with Gasteiger partial charge in [-0.15, -0.1) is 11.8 Å².